The first kappa shape index (κ1) is 23.3. The smallest absolute Gasteiger partial charge is 0.431 e. The van der Waals surface area contributed by atoms with Crippen LogP contribution >= 0.6 is 6.72 Å². The number of rotatable bonds is 10. The second kappa shape index (κ2) is 11.3. The predicted molar refractivity (Wildman–Crippen MR) is 110 cm³/mol. The van der Waals surface area contributed by atoms with Crippen molar-refractivity contribution in [1.29, 1.82) is 0 Å². The number of hydrogen-bond donors (Lipinski definition) is 2. The molecule has 1 heterocycles. The third kappa shape index (κ3) is 7.11. The molecule has 8 nitrogen and oxygen atoms in total. The van der Waals surface area contributed by atoms with Crippen molar-refractivity contribution in [3.05, 3.63) is 35.9 Å². The van der Waals surface area contributed by atoms with E-state index in [4.69, 9.17) is 40.8 Å². The van der Waals surface area contributed by atoms with E-state index < -0.39 is 25.1 Å². The average Bonchev–Trinajstić information content (AvgIpc) is 2.97. The van der Waals surface area contributed by atoms with Crippen LogP contribution in [-0.4, -0.2) is 57.4 Å². The summed E-state index contributed by atoms with van der Waals surface area (Å²) in [5, 5.41) is 0. The minimum Gasteiger partial charge on any atom is -0.431 e. The molecule has 3 N–H and O–H groups in total. The van der Waals surface area contributed by atoms with Gasteiger partial charge in [0.2, 0.25) is 0 Å². The number of ether oxygens (including phenoxy) is 3. The Hall–Kier alpha value is -0.995. The van der Waals surface area contributed by atoms with E-state index in [0.29, 0.717) is 6.54 Å². The predicted octanol–water partition coefficient (Wildman–Crippen LogP) is 1.30. The Bertz CT molecular complexity index is 668. The number of hydrogen-bond acceptors (Lipinski definition) is 8. The first-order chi connectivity index (χ1) is 13.4. The standard InChI is InChI=1S/C17H27BNO7PS/c1-22-27(21,28)26-15-13(8-5-9-19)16(18)25-14(15)11-24-17(20)23-10-12-6-3-2-4-7-12/h2-4,6-7,13-16H,5,8-11,18-19H2,1H3,(H,21,28)/t13-,14+,15?,16+,27?/m0/s1. The Morgan fingerprint density at radius 1 is 1.36 bits per heavy atom. The van der Waals surface area contributed by atoms with Crippen LogP contribution in [0.2, 0.25) is 0 Å². The fraction of sp³-hybridized carbons (Fsp3) is 0.588. The topological polar surface area (TPSA) is 109 Å². The molecule has 1 fully saturated rings. The average molecular weight is 431 g/mol. The fourth-order valence-corrected chi connectivity index (χ4v) is 4.12. The van der Waals surface area contributed by atoms with Crippen LogP contribution < -0.4 is 5.73 Å². The maximum atomic E-state index is 11.9. The number of carbonyl (C=O) groups excluding carboxylic acids is 1. The normalized spacial score (nSPS) is 26.5. The summed E-state index contributed by atoms with van der Waals surface area (Å²) >= 11 is 4.98. The fourth-order valence-electron chi connectivity index (χ4n) is 3.13. The van der Waals surface area contributed by atoms with Crippen molar-refractivity contribution in [2.45, 2.75) is 37.7 Å². The molecular weight excluding hydrogens is 404 g/mol. The second-order valence-electron chi connectivity index (χ2n) is 6.53. The molecule has 0 bridgehead atoms. The Labute approximate surface area is 171 Å². The summed E-state index contributed by atoms with van der Waals surface area (Å²) < 4.78 is 26.7. The molecule has 0 saturated carbocycles. The molecule has 1 aliphatic rings. The SMILES string of the molecule is B[C@@H]1O[C@H](COC(=O)OCc2ccccc2)C(OP(O)(=S)OC)[C@@H]1CCCN. The van der Waals surface area contributed by atoms with E-state index in [-0.39, 0.29) is 25.1 Å². The highest BCUT2D eigenvalue weighted by Crippen LogP contribution is 2.48. The molecule has 0 radical (unpaired) electrons. The summed E-state index contributed by atoms with van der Waals surface area (Å²) in [6.45, 7) is -2.85. The Morgan fingerprint density at radius 3 is 2.71 bits per heavy atom. The van der Waals surface area contributed by atoms with Gasteiger partial charge in [0.1, 0.15) is 33.3 Å². The first-order valence-corrected chi connectivity index (χ1v) is 11.7. The van der Waals surface area contributed by atoms with Crippen LogP contribution in [-0.2, 0) is 41.7 Å². The molecule has 1 aromatic rings. The minimum atomic E-state index is -3.41. The van der Waals surface area contributed by atoms with Crippen LogP contribution in [0.25, 0.3) is 0 Å². The van der Waals surface area contributed by atoms with Gasteiger partial charge in [0.25, 0.3) is 0 Å². The van der Waals surface area contributed by atoms with E-state index >= 15 is 0 Å². The van der Waals surface area contributed by atoms with Crippen LogP contribution in [0.3, 0.4) is 0 Å². The summed E-state index contributed by atoms with van der Waals surface area (Å²) in [5.41, 5.74) is 6.47. The summed E-state index contributed by atoms with van der Waals surface area (Å²) in [4.78, 5) is 22.0. The van der Waals surface area contributed by atoms with Crippen LogP contribution in [0.1, 0.15) is 18.4 Å². The highest BCUT2D eigenvalue weighted by Gasteiger charge is 2.45. The highest BCUT2D eigenvalue weighted by atomic mass is 32.5. The molecule has 2 rings (SSSR count). The maximum Gasteiger partial charge on any atom is 0.508 e. The molecular formula is C17H27BNO7PS. The van der Waals surface area contributed by atoms with Crippen molar-refractivity contribution in [2.75, 3.05) is 20.3 Å². The van der Waals surface area contributed by atoms with E-state index in [9.17, 15) is 9.69 Å². The van der Waals surface area contributed by atoms with Crippen LogP contribution in [0.4, 0.5) is 4.79 Å². The van der Waals surface area contributed by atoms with Crippen molar-refractivity contribution >= 4 is 32.5 Å². The third-order valence-corrected chi connectivity index (χ3v) is 6.25. The molecule has 1 aromatic carbocycles. The van der Waals surface area contributed by atoms with Gasteiger partial charge in [0, 0.05) is 19.0 Å². The van der Waals surface area contributed by atoms with Gasteiger partial charge in [-0.2, -0.15) is 0 Å². The molecule has 0 aliphatic carbocycles. The number of benzene rings is 1. The third-order valence-electron chi connectivity index (χ3n) is 4.57. The summed E-state index contributed by atoms with van der Waals surface area (Å²) in [6, 6.07) is 9.12. The molecule has 0 spiro atoms. The summed E-state index contributed by atoms with van der Waals surface area (Å²) in [5.74, 6) is -0.0536. The summed E-state index contributed by atoms with van der Waals surface area (Å²) in [7, 11) is 3.19. The highest BCUT2D eigenvalue weighted by molar-refractivity contribution is 8.07. The lowest BCUT2D eigenvalue weighted by Crippen LogP contribution is -2.34. The molecule has 1 saturated heterocycles. The monoisotopic (exact) mass is 431 g/mol. The first-order valence-electron chi connectivity index (χ1n) is 9.12. The largest absolute Gasteiger partial charge is 0.508 e. The van der Waals surface area contributed by atoms with Crippen molar-refractivity contribution in [2.24, 2.45) is 11.7 Å². The quantitative estimate of drug-likeness (QED) is 0.322. The maximum absolute atomic E-state index is 11.9. The lowest BCUT2D eigenvalue weighted by molar-refractivity contribution is -0.0272. The van der Waals surface area contributed by atoms with E-state index in [1.165, 1.54) is 7.11 Å². The Kier molecular flexibility index (Phi) is 9.36. The van der Waals surface area contributed by atoms with Gasteiger partial charge in [0.15, 0.2) is 0 Å². The van der Waals surface area contributed by atoms with Gasteiger partial charge in [-0.15, -0.1) is 0 Å². The van der Waals surface area contributed by atoms with Crippen LogP contribution in [0.15, 0.2) is 30.3 Å². The van der Waals surface area contributed by atoms with E-state index in [1.54, 1.807) is 0 Å². The van der Waals surface area contributed by atoms with Gasteiger partial charge in [0.05, 0.1) is 0 Å². The van der Waals surface area contributed by atoms with Crippen molar-refractivity contribution < 1.29 is 32.9 Å². The van der Waals surface area contributed by atoms with Gasteiger partial charge >= 0.3 is 12.9 Å². The molecule has 0 aromatic heterocycles. The second-order valence-corrected chi connectivity index (χ2v) is 9.43. The molecule has 28 heavy (non-hydrogen) atoms. The van der Waals surface area contributed by atoms with Crippen molar-refractivity contribution in [1.82, 2.24) is 0 Å². The number of nitrogens with two attached hydrogens (primary N) is 1. The lowest BCUT2D eigenvalue weighted by Gasteiger charge is -2.26. The molecule has 1 aliphatic heterocycles. The zero-order valence-corrected chi connectivity index (χ0v) is 17.8. The van der Waals surface area contributed by atoms with Gasteiger partial charge in [-0.3, -0.25) is 0 Å². The summed E-state index contributed by atoms with van der Waals surface area (Å²) in [6.07, 6.45) is -0.465. The molecule has 5 atom stereocenters. The van der Waals surface area contributed by atoms with E-state index in [1.807, 2.05) is 38.2 Å². The van der Waals surface area contributed by atoms with Crippen molar-refractivity contribution in [3.63, 3.8) is 0 Å². The van der Waals surface area contributed by atoms with Gasteiger partial charge in [-0.05, 0) is 36.8 Å². The molecule has 156 valence electrons. The van der Waals surface area contributed by atoms with Gasteiger partial charge < -0.3 is 33.9 Å². The lowest BCUT2D eigenvalue weighted by atomic mass is 9.82. The van der Waals surface area contributed by atoms with Gasteiger partial charge in [-0.1, -0.05) is 30.3 Å². The molecule has 11 heteroatoms. The van der Waals surface area contributed by atoms with Crippen LogP contribution in [0.5, 0.6) is 0 Å². The Balaban J connectivity index is 1.92. The van der Waals surface area contributed by atoms with Gasteiger partial charge in [-0.25, -0.2) is 4.79 Å². The molecule has 0 amide bonds. The van der Waals surface area contributed by atoms with E-state index in [2.05, 4.69) is 0 Å². The van der Waals surface area contributed by atoms with Crippen molar-refractivity contribution in [3.8, 4) is 0 Å². The zero-order chi connectivity index (χ0) is 20.6. The number of carbonyl (C=O) groups is 1. The molecule has 2 unspecified atom stereocenters. The van der Waals surface area contributed by atoms with E-state index in [0.717, 1.165) is 18.4 Å². The van der Waals surface area contributed by atoms with Crippen LogP contribution in [0, 0.1) is 5.92 Å². The minimum absolute atomic E-state index is 0.0536. The zero-order valence-electron chi connectivity index (χ0n) is 16.1. The Morgan fingerprint density at radius 2 is 2.07 bits per heavy atom.